The monoisotopic (exact) mass is 350 g/mol. The van der Waals surface area contributed by atoms with Crippen LogP contribution in [0.1, 0.15) is 31.6 Å². The van der Waals surface area contributed by atoms with Crippen molar-refractivity contribution in [1.29, 1.82) is 0 Å². The van der Waals surface area contributed by atoms with Crippen LogP contribution in [0.3, 0.4) is 0 Å². The summed E-state index contributed by atoms with van der Waals surface area (Å²) >= 11 is 0. The minimum atomic E-state index is -0.304. The molecular weight excluding hydrogens is 331 g/mol. The molecule has 0 spiro atoms. The summed E-state index contributed by atoms with van der Waals surface area (Å²) in [7, 11) is 0. The maximum atomic E-state index is 13.3. The van der Waals surface area contributed by atoms with Gasteiger partial charge in [-0.15, -0.1) is 5.10 Å². The highest BCUT2D eigenvalue weighted by Gasteiger charge is 2.30. The lowest BCUT2D eigenvalue weighted by Gasteiger charge is -2.23. The van der Waals surface area contributed by atoms with Crippen molar-refractivity contribution in [1.82, 2.24) is 19.7 Å². The zero-order chi connectivity index (χ0) is 18.1. The van der Waals surface area contributed by atoms with Crippen LogP contribution in [0.25, 0.3) is 17.1 Å². The van der Waals surface area contributed by atoms with Gasteiger partial charge in [0, 0.05) is 18.5 Å². The highest BCUT2D eigenvalue weighted by molar-refractivity contribution is 5.78. The summed E-state index contributed by atoms with van der Waals surface area (Å²) in [6, 6.07) is 15.6. The summed E-state index contributed by atoms with van der Waals surface area (Å²) in [5.41, 5.74) is 1.61. The van der Waals surface area contributed by atoms with Gasteiger partial charge in [-0.25, -0.2) is 14.1 Å². The molecule has 1 atom stereocenters. The predicted molar refractivity (Wildman–Crippen MR) is 96.1 cm³/mol. The van der Waals surface area contributed by atoms with E-state index in [4.69, 9.17) is 4.98 Å². The van der Waals surface area contributed by atoms with E-state index in [1.165, 1.54) is 12.1 Å². The molecule has 0 N–H and O–H groups in total. The van der Waals surface area contributed by atoms with E-state index in [9.17, 15) is 9.18 Å². The molecular formula is C20H19FN4O. The van der Waals surface area contributed by atoms with Crippen LogP contribution >= 0.6 is 0 Å². The van der Waals surface area contributed by atoms with Crippen molar-refractivity contribution < 1.29 is 9.18 Å². The average Bonchev–Trinajstić information content (AvgIpc) is 3.29. The summed E-state index contributed by atoms with van der Waals surface area (Å²) in [6.07, 6.45) is 1.43. The Hall–Kier alpha value is -3.02. The molecule has 5 nitrogen and oxygen atoms in total. The van der Waals surface area contributed by atoms with Gasteiger partial charge in [0.15, 0.2) is 11.6 Å². The maximum absolute atomic E-state index is 13.3. The molecule has 132 valence electrons. The highest BCUT2D eigenvalue weighted by Crippen LogP contribution is 2.28. The van der Waals surface area contributed by atoms with E-state index < -0.39 is 0 Å². The SMILES string of the molecule is C[C@H](c1nc(-c2ccccc2)nn1-c1ccc(F)cc1)N1CCCC1=O. The molecule has 1 aliphatic rings. The quantitative estimate of drug-likeness (QED) is 0.720. The molecule has 1 saturated heterocycles. The second-order valence-electron chi connectivity index (χ2n) is 6.41. The summed E-state index contributed by atoms with van der Waals surface area (Å²) in [4.78, 5) is 18.7. The number of aromatic nitrogens is 3. The number of hydrogen-bond acceptors (Lipinski definition) is 3. The smallest absolute Gasteiger partial charge is 0.223 e. The van der Waals surface area contributed by atoms with Crippen LogP contribution in [0.5, 0.6) is 0 Å². The number of carbonyl (C=O) groups excluding carboxylic acids is 1. The minimum absolute atomic E-state index is 0.132. The Labute approximate surface area is 151 Å². The Kier molecular flexibility index (Phi) is 4.24. The first-order valence-corrected chi connectivity index (χ1v) is 8.71. The number of likely N-dealkylation sites (tertiary alicyclic amines) is 1. The van der Waals surface area contributed by atoms with Crippen LogP contribution in [-0.2, 0) is 4.79 Å². The molecule has 1 aliphatic heterocycles. The summed E-state index contributed by atoms with van der Waals surface area (Å²) < 4.78 is 15.0. The zero-order valence-corrected chi connectivity index (χ0v) is 14.5. The Balaban J connectivity index is 1.81. The fourth-order valence-corrected chi connectivity index (χ4v) is 3.29. The van der Waals surface area contributed by atoms with E-state index in [0.29, 0.717) is 18.1 Å². The van der Waals surface area contributed by atoms with Gasteiger partial charge in [-0.2, -0.15) is 0 Å². The third-order valence-corrected chi connectivity index (χ3v) is 4.69. The van der Waals surface area contributed by atoms with Crippen molar-refractivity contribution in [3.63, 3.8) is 0 Å². The number of amides is 1. The first kappa shape index (κ1) is 16.4. The number of halogens is 1. The normalized spacial score (nSPS) is 15.5. The standard InChI is InChI=1S/C20H19FN4O/c1-14(24-13-5-8-18(24)26)20-22-19(15-6-3-2-4-7-15)23-25(20)17-11-9-16(21)10-12-17/h2-4,6-7,9-12,14H,5,8,13H2,1H3/t14-/m1/s1. The van der Waals surface area contributed by atoms with Gasteiger partial charge in [0.25, 0.3) is 0 Å². The molecule has 0 unspecified atom stereocenters. The molecule has 1 amide bonds. The number of rotatable bonds is 4. The van der Waals surface area contributed by atoms with Crippen molar-refractivity contribution in [3.8, 4) is 17.1 Å². The number of benzene rings is 2. The van der Waals surface area contributed by atoms with Crippen molar-refractivity contribution in [3.05, 3.63) is 66.2 Å². The largest absolute Gasteiger partial charge is 0.333 e. The Bertz CT molecular complexity index is 921. The summed E-state index contributed by atoms with van der Waals surface area (Å²) in [5.74, 6) is 1.09. The van der Waals surface area contributed by atoms with Crippen LogP contribution in [0.4, 0.5) is 4.39 Å². The molecule has 0 aliphatic carbocycles. The van der Waals surface area contributed by atoms with E-state index in [1.807, 2.05) is 42.2 Å². The van der Waals surface area contributed by atoms with Gasteiger partial charge in [-0.3, -0.25) is 4.79 Å². The molecule has 0 radical (unpaired) electrons. The molecule has 0 bridgehead atoms. The molecule has 2 aromatic carbocycles. The Morgan fingerprint density at radius 2 is 1.81 bits per heavy atom. The third-order valence-electron chi connectivity index (χ3n) is 4.69. The van der Waals surface area contributed by atoms with E-state index >= 15 is 0 Å². The van der Waals surface area contributed by atoms with Gasteiger partial charge in [0.1, 0.15) is 5.82 Å². The second-order valence-corrected chi connectivity index (χ2v) is 6.41. The summed E-state index contributed by atoms with van der Waals surface area (Å²) in [6.45, 7) is 2.68. The van der Waals surface area contributed by atoms with E-state index in [-0.39, 0.29) is 17.8 Å². The first-order valence-electron chi connectivity index (χ1n) is 8.71. The van der Waals surface area contributed by atoms with Crippen LogP contribution in [-0.4, -0.2) is 32.1 Å². The molecule has 2 heterocycles. The fourth-order valence-electron chi connectivity index (χ4n) is 3.29. The lowest BCUT2D eigenvalue weighted by molar-refractivity contribution is -0.129. The van der Waals surface area contributed by atoms with Gasteiger partial charge < -0.3 is 4.90 Å². The van der Waals surface area contributed by atoms with Crippen molar-refractivity contribution in [2.75, 3.05) is 6.54 Å². The minimum Gasteiger partial charge on any atom is -0.333 e. The number of carbonyl (C=O) groups is 1. The highest BCUT2D eigenvalue weighted by atomic mass is 19.1. The number of nitrogens with zero attached hydrogens (tertiary/aromatic N) is 4. The average molecular weight is 350 g/mol. The van der Waals surface area contributed by atoms with E-state index in [1.54, 1.807) is 16.8 Å². The van der Waals surface area contributed by atoms with Crippen LogP contribution in [0.2, 0.25) is 0 Å². The lowest BCUT2D eigenvalue weighted by atomic mass is 10.2. The van der Waals surface area contributed by atoms with Gasteiger partial charge in [-0.1, -0.05) is 30.3 Å². The van der Waals surface area contributed by atoms with Crippen molar-refractivity contribution in [2.45, 2.75) is 25.8 Å². The van der Waals surface area contributed by atoms with Gasteiger partial charge in [0.05, 0.1) is 11.7 Å². The molecule has 1 fully saturated rings. The molecule has 1 aromatic heterocycles. The topological polar surface area (TPSA) is 51.0 Å². The van der Waals surface area contributed by atoms with Gasteiger partial charge in [0.2, 0.25) is 5.91 Å². The van der Waals surface area contributed by atoms with Crippen LogP contribution < -0.4 is 0 Å². The van der Waals surface area contributed by atoms with E-state index in [0.717, 1.165) is 24.2 Å². The first-order chi connectivity index (χ1) is 12.6. The Morgan fingerprint density at radius 3 is 2.46 bits per heavy atom. The fraction of sp³-hybridized carbons (Fsp3) is 0.250. The molecule has 3 aromatic rings. The van der Waals surface area contributed by atoms with Crippen molar-refractivity contribution >= 4 is 5.91 Å². The molecule has 26 heavy (non-hydrogen) atoms. The predicted octanol–water partition coefficient (Wildman–Crippen LogP) is 3.76. The zero-order valence-electron chi connectivity index (χ0n) is 14.5. The molecule has 0 saturated carbocycles. The maximum Gasteiger partial charge on any atom is 0.223 e. The molecule has 4 rings (SSSR count). The lowest BCUT2D eigenvalue weighted by Crippen LogP contribution is -2.29. The van der Waals surface area contributed by atoms with Crippen LogP contribution in [0, 0.1) is 5.82 Å². The molecule has 6 heteroatoms. The summed E-state index contributed by atoms with van der Waals surface area (Å²) in [5, 5.41) is 4.64. The number of hydrogen-bond donors (Lipinski definition) is 0. The van der Waals surface area contributed by atoms with Crippen LogP contribution in [0.15, 0.2) is 54.6 Å². The van der Waals surface area contributed by atoms with E-state index in [2.05, 4.69) is 5.10 Å². The third kappa shape index (κ3) is 2.98. The van der Waals surface area contributed by atoms with Gasteiger partial charge in [-0.05, 0) is 37.6 Å². The van der Waals surface area contributed by atoms with Gasteiger partial charge >= 0.3 is 0 Å². The second kappa shape index (κ2) is 6.71. The Morgan fingerprint density at radius 1 is 1.08 bits per heavy atom. The van der Waals surface area contributed by atoms with Crippen molar-refractivity contribution in [2.24, 2.45) is 0 Å².